The molecule has 0 saturated heterocycles. The van der Waals surface area contributed by atoms with Gasteiger partial charge in [-0.2, -0.15) is 16.8 Å². The van der Waals surface area contributed by atoms with Crippen molar-refractivity contribution in [2.24, 2.45) is 4.99 Å². The zero-order valence-corrected chi connectivity index (χ0v) is 66.3. The minimum Gasteiger partial charge on any atom is -1.00 e. The maximum atomic E-state index is 11.1. The van der Waals surface area contributed by atoms with Gasteiger partial charge in [0.25, 0.3) is 11.6 Å². The Bertz CT molecular complexity index is 2330. The Kier molecular flexibility index (Phi) is 54.7. The van der Waals surface area contributed by atoms with Crippen molar-refractivity contribution >= 4 is 71.4 Å². The van der Waals surface area contributed by atoms with E-state index < -0.39 is 41.6 Å². The number of halogens is 7. The largest absolute Gasteiger partial charge is 1.00 e. The van der Waals surface area contributed by atoms with Gasteiger partial charge in [0.05, 0.1) is 0 Å². The number of alkyl halides is 1. The third kappa shape index (κ3) is 47.5. The summed E-state index contributed by atoms with van der Waals surface area (Å²) >= 11 is 5.64. The number of hydrogen-bond donors (Lipinski definition) is 1. The molecule has 0 saturated carbocycles. The first-order valence-electron chi connectivity index (χ1n) is 30.8. The third-order valence-corrected chi connectivity index (χ3v) is 16.9. The van der Waals surface area contributed by atoms with Crippen LogP contribution in [0, 0.1) is 0 Å². The van der Waals surface area contributed by atoms with Crippen LogP contribution in [0.25, 0.3) is 4.13 Å². The Balaban J connectivity index is -0.000000195. The van der Waals surface area contributed by atoms with Crippen LogP contribution >= 0.6 is 24.0 Å². The first kappa shape index (κ1) is 96.3. The molecule has 88 heavy (non-hydrogen) atoms. The maximum absolute atomic E-state index is 11.1. The molecule has 0 spiro atoms. The van der Waals surface area contributed by atoms with Crippen molar-refractivity contribution in [3.63, 3.8) is 0 Å². The van der Waals surface area contributed by atoms with Gasteiger partial charge < -0.3 is 16.5 Å². The fourth-order valence-corrected chi connectivity index (χ4v) is 12.0. The average molecular weight is 1440 g/mol. The van der Waals surface area contributed by atoms with Crippen molar-refractivity contribution in [2.75, 3.05) is 38.6 Å². The normalized spacial score (nSPS) is 12.9. The molecule has 0 aromatic carbocycles. The smallest absolute Gasteiger partial charge is 1.00 e. The quantitative estimate of drug-likeness (QED) is 0.0357. The molecule has 0 amide bonds. The molecule has 2 aromatic heterocycles. The fraction of sp³-hybridized carbons (Fsp3) is 0.839. The number of nitrogens with one attached hydrogen (secondary N) is 1. The summed E-state index contributed by atoms with van der Waals surface area (Å²) in [6, 6.07) is 5.99. The van der Waals surface area contributed by atoms with Crippen LogP contribution in [-0.2, 0) is 80.7 Å². The van der Waals surface area contributed by atoms with Crippen LogP contribution < -0.4 is 77.1 Å². The van der Waals surface area contributed by atoms with Crippen LogP contribution in [0.4, 0.5) is 15.5 Å². The molecule has 1 aliphatic heterocycles. The van der Waals surface area contributed by atoms with E-state index in [1.165, 1.54) is 17.4 Å². The van der Waals surface area contributed by atoms with Crippen molar-refractivity contribution in [3.8, 4) is 0 Å². The van der Waals surface area contributed by atoms with Crippen LogP contribution in [0.1, 0.15) is 187 Å². The first-order chi connectivity index (χ1) is 39.8. The van der Waals surface area contributed by atoms with Crippen molar-refractivity contribution in [2.45, 2.75) is 272 Å². The summed E-state index contributed by atoms with van der Waals surface area (Å²) in [6.07, 6.45) is 17.4. The molecular weight excluding hydrogens is 1320 g/mol. The van der Waals surface area contributed by atoms with Crippen molar-refractivity contribution in [1.29, 1.82) is 0 Å². The zero-order chi connectivity index (χ0) is 69.0. The van der Waals surface area contributed by atoms with Crippen LogP contribution in [0.2, 0.25) is 0 Å². The predicted octanol–water partition coefficient (Wildman–Crippen LogP) is 4.72. The van der Waals surface area contributed by atoms with E-state index in [9.17, 15) is 49.2 Å². The molecule has 522 valence electrons. The summed E-state index contributed by atoms with van der Waals surface area (Å²) in [5.41, 5.74) is 1.31. The van der Waals surface area contributed by atoms with Gasteiger partial charge in [-0.1, -0.05) is 38.7 Å². The van der Waals surface area contributed by atoms with Gasteiger partial charge in [0.1, 0.15) is 51.0 Å². The van der Waals surface area contributed by atoms with E-state index in [0.717, 1.165) is 94.6 Å². The molecule has 0 aliphatic carbocycles. The summed E-state index contributed by atoms with van der Waals surface area (Å²) in [5, 5.41) is 0. The van der Waals surface area contributed by atoms with Crippen LogP contribution in [0.15, 0.2) is 42.1 Å². The number of hydrogen-bond acceptors (Lipinski definition) is 14. The molecule has 0 radical (unpaired) electrons. The average Bonchev–Trinajstić information content (AvgIpc) is 4.27. The summed E-state index contributed by atoms with van der Waals surface area (Å²) in [5.74, 6) is 3.62. The summed E-state index contributed by atoms with van der Waals surface area (Å²) in [4.78, 5) is 16.8. The van der Waals surface area contributed by atoms with Crippen LogP contribution in [-0.4, -0.2) is 172 Å². The minimum atomic E-state index is -5.62. The van der Waals surface area contributed by atoms with E-state index in [1.807, 2.05) is 6.20 Å². The molecule has 0 atom stereocenters. The Morgan fingerprint density at radius 1 is 0.534 bits per heavy atom. The Morgan fingerprint density at radius 2 is 0.807 bits per heavy atom. The summed E-state index contributed by atoms with van der Waals surface area (Å²) in [7, 11) is -22.2. The van der Waals surface area contributed by atoms with Gasteiger partial charge >= 0.3 is 72.2 Å². The monoisotopic (exact) mass is 1440 g/mol. The molecule has 1 aliphatic rings. The number of nitrogens with zero attached hydrogens (tertiary/aromatic N) is 11. The van der Waals surface area contributed by atoms with Gasteiger partial charge in [-0.05, 0) is 145 Å². The van der Waals surface area contributed by atoms with Crippen LogP contribution in [0.5, 0.6) is 0 Å². The molecule has 20 nitrogen and oxygen atoms in total. The van der Waals surface area contributed by atoms with Gasteiger partial charge in [-0.15, -0.1) is 31.8 Å². The number of rotatable bonds is 31. The molecule has 32 heteroatoms. The van der Waals surface area contributed by atoms with E-state index in [4.69, 9.17) is 14.6 Å². The van der Waals surface area contributed by atoms with Gasteiger partial charge in [-0.25, -0.2) is 35.1 Å². The molecule has 3 rings (SSSR count). The molecular formula is C56H117Cl3F4KN12O8S4+. The maximum Gasteiger partial charge on any atom is 1.00 e. The Labute approximate surface area is 596 Å². The molecule has 2 aromatic rings. The minimum absolute atomic E-state index is 0. The zero-order valence-electron chi connectivity index (χ0n) is 59.6. The van der Waals surface area contributed by atoms with Gasteiger partial charge in [0.2, 0.25) is 20.8 Å². The first-order valence-corrected chi connectivity index (χ1v) is 35.8. The number of allylic oxidation sites excluding steroid dienone is 1. The van der Waals surface area contributed by atoms with E-state index in [0.29, 0.717) is 60.4 Å². The van der Waals surface area contributed by atoms with E-state index in [2.05, 4.69) is 238 Å². The second-order valence-corrected chi connectivity index (χ2v) is 28.3. The molecule has 3 heterocycles. The number of aliphatic imine (C=N–C) groups is 1. The van der Waals surface area contributed by atoms with Gasteiger partial charge in [-0.3, -0.25) is 29.5 Å². The topological polar surface area (TPSA) is 209 Å². The van der Waals surface area contributed by atoms with Crippen molar-refractivity contribution in [1.82, 2.24) is 37.8 Å². The molecule has 0 fully saturated rings. The Morgan fingerprint density at radius 3 is 0.966 bits per heavy atom. The predicted molar refractivity (Wildman–Crippen MR) is 351 cm³/mol. The second-order valence-electron chi connectivity index (χ2n) is 23.2. The standard InChI is InChI=1S/2C21H43N4.C8H18ClN.C6H9N.2ClH.F2HNO4S2.F2NO4S2.K.H2/c2*1-10-21-22(13-15-24(17(2)3)18(4)5)11-12-23(21)14-16-25(19(6)7)20(8)9;1-7(2)10(6-5-9)8(3)4;1-2-6-4-3-5-7-6;;;2*1-8(4,5)3-9(2,6)7;;/h2*11-12,17-20H,10,13-16H2,1-9H3;7-8H,5-6H2,1-4H3;3,5H,2,4H2,1H3;2*1H;3H;;;1H/q2*+1;;;;;;-1;+1;/p-1/i;;;;;;;;;1+2T. The summed E-state index contributed by atoms with van der Waals surface area (Å²) in [6.45, 7) is 61.9. The van der Waals surface area contributed by atoms with Crippen molar-refractivity contribution in [3.05, 3.63) is 52.8 Å². The van der Waals surface area contributed by atoms with Gasteiger partial charge in [0.15, 0.2) is 0 Å². The van der Waals surface area contributed by atoms with Crippen molar-refractivity contribution < 1.29 is 125 Å². The second kappa shape index (κ2) is 50.0. The van der Waals surface area contributed by atoms with E-state index in [-0.39, 0.29) is 80.3 Å². The molecule has 0 unspecified atom stereocenters. The van der Waals surface area contributed by atoms with Crippen LogP contribution in [0.3, 0.4) is 0 Å². The number of aromatic nitrogens is 4. The summed E-state index contributed by atoms with van der Waals surface area (Å²) < 4.78 is 139. The molecule has 0 bridgehead atoms. The van der Waals surface area contributed by atoms with Gasteiger partial charge in [0, 0.05) is 133 Å². The molecule has 1 N–H and O–H groups in total. The fourth-order valence-electron chi connectivity index (χ4n) is 10.0. The Hall–Kier alpha value is -0.424. The SMILES string of the molecule is CC(C)N(CCCl)C(C)C.CCC1=NC=CC1.CCc1n(CCN(C(C)C)C(C)C)cc[n+]1CCN(C(C)C)C(C)C.CCc1n(CCN(C(C)C)C(C)C)cc[n+]1CCN(C(C)C)C(C)C.Cl.O=S(=O)(F)NS(=O)(=O)F.O=S(=O)(F)[N-]S(=O)(=O)F.[3H][3H].[Cl-].[K+]. The van der Waals surface area contributed by atoms with E-state index in [1.54, 1.807) is 0 Å². The third-order valence-electron chi connectivity index (χ3n) is 13.7. The van der Waals surface area contributed by atoms with E-state index >= 15 is 0 Å². The number of imidazole rings is 2.